The zero-order valence-electron chi connectivity index (χ0n) is 30.9. The number of benzene rings is 2. The number of unbranched alkanes of at least 4 members (excludes halogenated alkanes) is 4. The summed E-state index contributed by atoms with van der Waals surface area (Å²) in [7, 11) is 2.03. The summed E-state index contributed by atoms with van der Waals surface area (Å²) in [6, 6.07) is 13.6. The molecule has 54 heavy (non-hydrogen) atoms. The monoisotopic (exact) mass is 768 g/mol. The topological polar surface area (TPSA) is 93.8 Å². The van der Waals surface area contributed by atoms with Crippen molar-refractivity contribution in [2.75, 3.05) is 10.6 Å². The maximum absolute atomic E-state index is 14.1. The van der Waals surface area contributed by atoms with Gasteiger partial charge in [-0.1, -0.05) is 95.3 Å². The van der Waals surface area contributed by atoms with Gasteiger partial charge in [-0.05, 0) is 49.0 Å². The number of halogens is 8. The summed E-state index contributed by atoms with van der Waals surface area (Å²) < 4.78 is 108. The smallest absolute Gasteiger partial charge is 0.322 e. The number of hydrogen-bond acceptors (Lipinski definition) is 4. The van der Waals surface area contributed by atoms with E-state index >= 15 is 0 Å². The van der Waals surface area contributed by atoms with E-state index in [1.165, 1.54) is 0 Å². The van der Waals surface area contributed by atoms with Gasteiger partial charge in [0.25, 0.3) is 11.8 Å². The van der Waals surface area contributed by atoms with Crippen LogP contribution in [0.5, 0.6) is 0 Å². The van der Waals surface area contributed by atoms with Crippen LogP contribution in [0, 0.1) is 11.9 Å². The van der Waals surface area contributed by atoms with E-state index in [2.05, 4.69) is 34.7 Å². The maximum Gasteiger partial charge on any atom is 0.436 e. The average molecular weight is 769 g/mol. The molecule has 1 unspecified atom stereocenters. The Bertz CT molecular complexity index is 1930. The molecule has 294 valence electrons. The fourth-order valence-corrected chi connectivity index (χ4v) is 5.64. The van der Waals surface area contributed by atoms with Crippen LogP contribution in [0.25, 0.3) is 5.57 Å². The van der Waals surface area contributed by atoms with Gasteiger partial charge in [0.15, 0.2) is 11.4 Å². The lowest BCUT2D eigenvalue weighted by Crippen LogP contribution is -2.20. The third-order valence-corrected chi connectivity index (χ3v) is 8.53. The molecule has 0 spiro atoms. The lowest BCUT2D eigenvalue weighted by atomic mass is 9.93. The molecule has 0 saturated carbocycles. The first-order chi connectivity index (χ1) is 25.3. The first-order valence-corrected chi connectivity index (χ1v) is 17.4. The molecule has 0 radical (unpaired) electrons. The Balaban J connectivity index is 0.000000290. The van der Waals surface area contributed by atoms with Crippen LogP contribution < -0.4 is 10.6 Å². The van der Waals surface area contributed by atoms with E-state index in [1.807, 2.05) is 26.0 Å². The Morgan fingerprint density at radius 1 is 0.741 bits per heavy atom. The van der Waals surface area contributed by atoms with E-state index < -0.39 is 58.6 Å². The van der Waals surface area contributed by atoms with E-state index in [-0.39, 0.29) is 5.92 Å². The van der Waals surface area contributed by atoms with Crippen LogP contribution in [-0.2, 0) is 26.4 Å². The second kappa shape index (κ2) is 18.8. The number of aromatic nitrogens is 4. The van der Waals surface area contributed by atoms with Crippen molar-refractivity contribution < 1.29 is 44.7 Å². The fourth-order valence-electron chi connectivity index (χ4n) is 5.64. The van der Waals surface area contributed by atoms with Gasteiger partial charge in [0.1, 0.15) is 11.1 Å². The van der Waals surface area contributed by atoms with Crippen molar-refractivity contribution in [1.29, 1.82) is 0 Å². The van der Waals surface area contributed by atoms with Crippen molar-refractivity contribution in [2.24, 2.45) is 14.1 Å². The zero-order valence-corrected chi connectivity index (χ0v) is 30.9. The van der Waals surface area contributed by atoms with Gasteiger partial charge in [-0.2, -0.15) is 45.3 Å². The molecule has 2 aromatic heterocycles. The Labute approximate surface area is 308 Å². The van der Waals surface area contributed by atoms with Crippen molar-refractivity contribution in [1.82, 2.24) is 19.6 Å². The Morgan fingerprint density at radius 3 is 1.70 bits per heavy atom. The van der Waals surface area contributed by atoms with Gasteiger partial charge in [0, 0.05) is 31.0 Å². The predicted octanol–water partition coefficient (Wildman–Crippen LogP) is 10.9. The number of aryl methyl sites for hydroxylation is 2. The van der Waals surface area contributed by atoms with Gasteiger partial charge in [-0.15, -0.1) is 0 Å². The van der Waals surface area contributed by atoms with Crippen LogP contribution in [0.15, 0.2) is 54.6 Å². The Hall–Kier alpha value is -5.02. The summed E-state index contributed by atoms with van der Waals surface area (Å²) in [4.78, 5) is 24.9. The van der Waals surface area contributed by atoms with Crippen LogP contribution in [0.1, 0.15) is 122 Å². The standard InChI is InChI=1S/C19H23F4N3O.C19H21F4N3O/c2*1-4-5-6-9-12(2)13-10-7-8-11-14(13)24-18(27)15-16(19(21,22)23)25-26(3)17(15)20/h7-8,10-12H,4-6,9H2,1-3H3,(H,24,27);7-11H,4-6H2,1-3H3,(H,24,27)/b;12-9-. The van der Waals surface area contributed by atoms with E-state index in [0.29, 0.717) is 26.3 Å². The number of anilines is 2. The highest BCUT2D eigenvalue weighted by atomic mass is 19.4. The van der Waals surface area contributed by atoms with Gasteiger partial charge in [0.2, 0.25) is 11.9 Å². The van der Waals surface area contributed by atoms with Gasteiger partial charge >= 0.3 is 12.4 Å². The second-order valence-corrected chi connectivity index (χ2v) is 12.7. The highest BCUT2D eigenvalue weighted by molar-refractivity contribution is 6.07. The summed E-state index contributed by atoms with van der Waals surface area (Å²) in [5, 5.41) is 11.0. The van der Waals surface area contributed by atoms with Gasteiger partial charge in [-0.3, -0.25) is 9.59 Å². The SMILES string of the molecule is CCCC/C=C(/C)c1ccccc1NC(=O)c1c(C(F)(F)F)nn(C)c1F.CCCCCC(C)c1ccccc1NC(=O)c1c(C(F)(F)F)nn(C)c1F. The molecule has 2 heterocycles. The van der Waals surface area contributed by atoms with E-state index in [1.54, 1.807) is 42.5 Å². The molecule has 2 N–H and O–H groups in total. The lowest BCUT2D eigenvalue weighted by Gasteiger charge is -2.17. The minimum absolute atomic E-state index is 0.105. The minimum Gasteiger partial charge on any atom is -0.322 e. The van der Waals surface area contributed by atoms with Gasteiger partial charge < -0.3 is 10.6 Å². The van der Waals surface area contributed by atoms with Crippen molar-refractivity contribution in [2.45, 2.75) is 90.9 Å². The molecule has 2 aromatic carbocycles. The molecule has 0 aliphatic rings. The molecule has 0 aliphatic heterocycles. The predicted molar refractivity (Wildman–Crippen MR) is 191 cm³/mol. The third-order valence-electron chi connectivity index (χ3n) is 8.53. The third kappa shape index (κ3) is 11.0. The number of amides is 2. The van der Waals surface area contributed by atoms with Crippen LogP contribution in [0.2, 0.25) is 0 Å². The number of hydrogen-bond donors (Lipinski definition) is 2. The normalized spacial score (nSPS) is 12.6. The highest BCUT2D eigenvalue weighted by Crippen LogP contribution is 2.35. The molecule has 0 aliphatic carbocycles. The first kappa shape index (κ1) is 43.4. The molecule has 8 nitrogen and oxygen atoms in total. The zero-order chi connectivity index (χ0) is 40.4. The summed E-state index contributed by atoms with van der Waals surface area (Å²) in [5.41, 5.74) is -2.26. The quantitative estimate of drug-likeness (QED) is 0.105. The van der Waals surface area contributed by atoms with Crippen molar-refractivity contribution >= 4 is 28.8 Å². The highest BCUT2D eigenvalue weighted by Gasteiger charge is 2.43. The number of rotatable bonds is 13. The summed E-state index contributed by atoms with van der Waals surface area (Å²) in [5.74, 6) is -4.92. The van der Waals surface area contributed by atoms with Crippen LogP contribution in [0.3, 0.4) is 0 Å². The number of allylic oxidation sites excluding steroid dienone is 2. The molecule has 2 amide bonds. The first-order valence-electron chi connectivity index (χ1n) is 17.4. The minimum atomic E-state index is -4.94. The second-order valence-electron chi connectivity index (χ2n) is 12.7. The van der Waals surface area contributed by atoms with Gasteiger partial charge in [0.05, 0.1) is 0 Å². The number of carbonyl (C=O) groups excluding carboxylic acids is 2. The molecular formula is C38H44F8N6O2. The average Bonchev–Trinajstić information content (AvgIpc) is 3.59. The Kier molecular flexibility index (Phi) is 15.1. The van der Waals surface area contributed by atoms with Crippen molar-refractivity contribution in [3.05, 3.63) is 100 Å². The molecule has 4 rings (SSSR count). The summed E-state index contributed by atoms with van der Waals surface area (Å²) >= 11 is 0. The van der Waals surface area contributed by atoms with Crippen molar-refractivity contribution in [3.63, 3.8) is 0 Å². The van der Waals surface area contributed by atoms with Crippen molar-refractivity contribution in [3.8, 4) is 0 Å². The number of alkyl halides is 6. The van der Waals surface area contributed by atoms with Crippen LogP contribution >= 0.6 is 0 Å². The summed E-state index contributed by atoms with van der Waals surface area (Å²) in [6.45, 7) is 8.01. The summed E-state index contributed by atoms with van der Waals surface area (Å²) in [6.07, 6.45) is -0.942. The molecule has 1 atom stereocenters. The Morgan fingerprint density at radius 2 is 1.20 bits per heavy atom. The molecular weight excluding hydrogens is 724 g/mol. The molecule has 4 aromatic rings. The lowest BCUT2D eigenvalue weighted by molar-refractivity contribution is -0.142. The largest absolute Gasteiger partial charge is 0.436 e. The molecule has 16 heteroatoms. The number of carbonyl (C=O) groups is 2. The van der Waals surface area contributed by atoms with E-state index in [9.17, 15) is 44.7 Å². The molecule has 0 fully saturated rings. The number of para-hydroxylation sites is 2. The molecule has 0 saturated heterocycles. The number of nitrogens with one attached hydrogen (secondary N) is 2. The van der Waals surface area contributed by atoms with Crippen LogP contribution in [-0.4, -0.2) is 31.4 Å². The van der Waals surface area contributed by atoms with E-state index in [0.717, 1.165) is 70.2 Å². The maximum atomic E-state index is 14.1. The van der Waals surface area contributed by atoms with E-state index in [4.69, 9.17) is 0 Å². The fraction of sp³-hybridized carbons (Fsp3) is 0.421. The molecule has 0 bridgehead atoms. The van der Waals surface area contributed by atoms with Gasteiger partial charge in [-0.25, -0.2) is 9.36 Å². The van der Waals surface area contributed by atoms with Crippen LogP contribution in [0.4, 0.5) is 46.5 Å². The number of nitrogens with zero attached hydrogens (tertiary/aromatic N) is 4.